The van der Waals surface area contributed by atoms with Crippen LogP contribution in [0, 0.1) is 11.8 Å². The molecule has 1 aromatic heterocycles. The highest BCUT2D eigenvalue weighted by Crippen LogP contribution is 2.32. The van der Waals surface area contributed by atoms with E-state index >= 15 is 0 Å². The molecule has 17 heteroatoms. The highest BCUT2D eigenvalue weighted by Gasteiger charge is 2.38. The van der Waals surface area contributed by atoms with Gasteiger partial charge < -0.3 is 45.3 Å². The summed E-state index contributed by atoms with van der Waals surface area (Å²) in [6.45, 7) is 6.00. The molecule has 0 radical (unpaired) electrons. The molecule has 0 aliphatic carbocycles. The number of halogens is 3. The molecule has 5 rings (SSSR count). The van der Waals surface area contributed by atoms with E-state index in [2.05, 4.69) is 20.9 Å². The number of carbonyl (C=O) groups excluding carboxylic acids is 3. The van der Waals surface area contributed by atoms with Crippen molar-refractivity contribution in [2.45, 2.75) is 77.2 Å². The Labute approximate surface area is 379 Å². The Morgan fingerprint density at radius 2 is 1.65 bits per heavy atom. The minimum atomic E-state index is -1.35. The highest BCUT2D eigenvalue weighted by atomic mass is 35.5. The first kappa shape index (κ1) is 50.0. The molecule has 1 aliphatic rings. The van der Waals surface area contributed by atoms with Crippen molar-refractivity contribution in [3.63, 3.8) is 0 Å². The zero-order chi connectivity index (χ0) is 44.4. The monoisotopic (exact) mass is 913 g/mol. The number of carboxylic acids is 1. The number of benzene rings is 3. The lowest BCUT2D eigenvalue weighted by atomic mass is 9.83. The summed E-state index contributed by atoms with van der Waals surface area (Å²) in [6.07, 6.45) is 3.40. The van der Waals surface area contributed by atoms with Crippen molar-refractivity contribution in [3.8, 4) is 22.8 Å². The summed E-state index contributed by atoms with van der Waals surface area (Å²) < 4.78 is 8.38. The number of carbonyl (C=O) groups is 4. The predicted octanol–water partition coefficient (Wildman–Crippen LogP) is 6.09. The fraction of sp³-hybridized carbons (Fsp3) is 0.444. The van der Waals surface area contributed by atoms with E-state index in [-0.39, 0.29) is 31.3 Å². The quantitative estimate of drug-likeness (QED) is 0.0740. The van der Waals surface area contributed by atoms with E-state index in [1.54, 1.807) is 56.3 Å². The summed E-state index contributed by atoms with van der Waals surface area (Å²) in [4.78, 5) is 62.2. The number of aromatic nitrogens is 2. The SMILES string of the molecule is CC(C)C(CC(=O)N(Cc1ccc(Cl)cc1Oc1ccc(-c2cnc(CN(C)C)n2C)cc1)C(C)C(=O)NC(CO)C(=O)N[C@@]1(Cc2ccc(Cl)cc2)CCCNC1)C(=O)O.Cl. The van der Waals surface area contributed by atoms with Gasteiger partial charge >= 0.3 is 5.97 Å². The standard InChI is InChI=1S/C45H57Cl2N7O7.ClH/c1-28(2)36(44(59)60)21-41(56)54(29(3)42(57)50-37(26-55)43(58)51-45(18-7-19-48-27-45)22-30-8-13-33(46)14-9-30)24-32-10-15-34(47)20-39(32)61-35-16-11-31(12-17-35)38-23-49-40(53(38)6)25-52(4)5;/h8-17,20,23,28-29,36-37,48,55H,7,18-19,21-22,24-27H2,1-6H3,(H,50,57)(H,51,58)(H,59,60);1H/t29?,36?,37?,45-;/m1./s1. The van der Waals surface area contributed by atoms with Crippen LogP contribution in [0.15, 0.2) is 72.9 Å². The number of nitrogens with one attached hydrogen (secondary N) is 3. The maximum absolute atomic E-state index is 14.2. The molecular formula is C45H58Cl3N7O7. The summed E-state index contributed by atoms with van der Waals surface area (Å²) in [5.74, 6) is -2.73. The molecule has 4 atom stereocenters. The number of aliphatic hydroxyl groups excluding tert-OH is 1. The number of carboxylic acid groups (broad SMARTS) is 1. The van der Waals surface area contributed by atoms with E-state index in [0.29, 0.717) is 53.0 Å². The Morgan fingerprint density at radius 3 is 2.24 bits per heavy atom. The summed E-state index contributed by atoms with van der Waals surface area (Å²) in [6, 6.07) is 17.2. The van der Waals surface area contributed by atoms with E-state index < -0.39 is 53.8 Å². The molecule has 1 aliphatic heterocycles. The lowest BCUT2D eigenvalue weighted by Gasteiger charge is -2.40. The third kappa shape index (κ3) is 13.2. The molecule has 62 heavy (non-hydrogen) atoms. The molecule has 0 spiro atoms. The van der Waals surface area contributed by atoms with E-state index in [0.717, 1.165) is 35.6 Å². The van der Waals surface area contributed by atoms with Gasteiger partial charge in [-0.15, -0.1) is 12.4 Å². The van der Waals surface area contributed by atoms with Crippen molar-refractivity contribution in [2.75, 3.05) is 33.8 Å². The van der Waals surface area contributed by atoms with Crippen LogP contribution in [-0.4, -0.2) is 105 Å². The van der Waals surface area contributed by atoms with Gasteiger partial charge in [0.05, 0.1) is 43.0 Å². The molecule has 3 aromatic carbocycles. The van der Waals surface area contributed by atoms with Crippen LogP contribution < -0.4 is 20.7 Å². The third-order valence-corrected chi connectivity index (χ3v) is 11.6. The molecule has 1 saturated heterocycles. The number of nitrogens with zero attached hydrogens (tertiary/aromatic N) is 4. The van der Waals surface area contributed by atoms with Gasteiger partial charge in [0.1, 0.15) is 29.4 Å². The van der Waals surface area contributed by atoms with E-state index in [1.807, 2.05) is 61.1 Å². The van der Waals surface area contributed by atoms with Crippen LogP contribution in [0.1, 0.15) is 57.0 Å². The normalized spacial score (nSPS) is 16.5. The fourth-order valence-corrected chi connectivity index (χ4v) is 7.79. The first-order chi connectivity index (χ1) is 29.0. The molecule has 0 saturated carbocycles. The van der Waals surface area contributed by atoms with E-state index in [4.69, 9.17) is 27.9 Å². The lowest BCUT2D eigenvalue weighted by Crippen LogP contribution is -2.63. The van der Waals surface area contributed by atoms with Gasteiger partial charge in [0.15, 0.2) is 0 Å². The molecule has 336 valence electrons. The van der Waals surface area contributed by atoms with Gasteiger partial charge in [-0.3, -0.25) is 19.2 Å². The summed E-state index contributed by atoms with van der Waals surface area (Å²) in [5, 5.41) is 30.5. The van der Waals surface area contributed by atoms with Crippen LogP contribution >= 0.6 is 35.6 Å². The number of imidazole rings is 1. The lowest BCUT2D eigenvalue weighted by molar-refractivity contribution is -0.149. The number of aliphatic hydroxyl groups is 1. The van der Waals surface area contributed by atoms with Gasteiger partial charge in [-0.1, -0.05) is 55.2 Å². The van der Waals surface area contributed by atoms with Gasteiger partial charge in [-0.2, -0.15) is 0 Å². The molecule has 14 nitrogen and oxygen atoms in total. The Kier molecular flexibility index (Phi) is 18.2. The second kappa shape index (κ2) is 22.6. The second-order valence-corrected chi connectivity index (χ2v) is 17.3. The number of ether oxygens (including phenoxy) is 1. The van der Waals surface area contributed by atoms with Gasteiger partial charge in [0.2, 0.25) is 17.7 Å². The summed E-state index contributed by atoms with van der Waals surface area (Å²) >= 11 is 12.6. The Morgan fingerprint density at radius 1 is 0.968 bits per heavy atom. The number of piperidine rings is 1. The van der Waals surface area contributed by atoms with Gasteiger partial charge in [0, 0.05) is 41.2 Å². The van der Waals surface area contributed by atoms with Crippen molar-refractivity contribution in [1.82, 2.24) is 35.3 Å². The fourth-order valence-electron chi connectivity index (χ4n) is 7.50. The van der Waals surface area contributed by atoms with Gasteiger partial charge in [-0.05, 0) is 107 Å². The van der Waals surface area contributed by atoms with Crippen LogP contribution in [0.5, 0.6) is 11.5 Å². The largest absolute Gasteiger partial charge is 0.481 e. The van der Waals surface area contributed by atoms with Crippen LogP contribution in [-0.2, 0) is 45.7 Å². The number of hydrogen-bond acceptors (Lipinski definition) is 9. The van der Waals surface area contributed by atoms with Crippen LogP contribution in [0.3, 0.4) is 0 Å². The number of amides is 3. The molecule has 5 N–H and O–H groups in total. The molecular weight excluding hydrogens is 857 g/mol. The van der Waals surface area contributed by atoms with Crippen molar-refractivity contribution in [3.05, 3.63) is 99.9 Å². The minimum absolute atomic E-state index is 0. The van der Waals surface area contributed by atoms with Gasteiger partial charge in [-0.25, -0.2) is 4.98 Å². The average molecular weight is 915 g/mol. The molecule has 1 fully saturated rings. The summed E-state index contributed by atoms with van der Waals surface area (Å²) in [7, 11) is 5.93. The molecule has 3 amide bonds. The smallest absolute Gasteiger partial charge is 0.307 e. The predicted molar refractivity (Wildman–Crippen MR) is 243 cm³/mol. The summed E-state index contributed by atoms with van der Waals surface area (Å²) in [5.41, 5.74) is 2.61. The second-order valence-electron chi connectivity index (χ2n) is 16.4. The topological polar surface area (TPSA) is 178 Å². The first-order valence-corrected chi connectivity index (χ1v) is 21.2. The Balaban J connectivity index is 0.00000845. The van der Waals surface area contributed by atoms with Gasteiger partial charge in [0.25, 0.3) is 0 Å². The van der Waals surface area contributed by atoms with Crippen LogP contribution in [0.4, 0.5) is 0 Å². The van der Waals surface area contributed by atoms with Crippen LogP contribution in [0.2, 0.25) is 10.0 Å². The number of aliphatic carboxylic acids is 1. The highest BCUT2D eigenvalue weighted by molar-refractivity contribution is 6.31. The maximum atomic E-state index is 14.2. The number of rotatable bonds is 19. The Hall–Kier alpha value is -4.70. The molecule has 4 aromatic rings. The molecule has 3 unspecified atom stereocenters. The van der Waals surface area contributed by atoms with Crippen molar-refractivity contribution >= 4 is 59.3 Å². The van der Waals surface area contributed by atoms with Crippen molar-refractivity contribution in [2.24, 2.45) is 18.9 Å². The maximum Gasteiger partial charge on any atom is 0.307 e. The minimum Gasteiger partial charge on any atom is -0.481 e. The van der Waals surface area contributed by atoms with Crippen LogP contribution in [0.25, 0.3) is 11.3 Å². The van der Waals surface area contributed by atoms with Crippen molar-refractivity contribution < 1.29 is 34.1 Å². The van der Waals surface area contributed by atoms with E-state index in [1.165, 1.54) is 11.8 Å². The third-order valence-electron chi connectivity index (χ3n) is 11.1. The molecule has 0 bridgehead atoms. The first-order valence-electron chi connectivity index (χ1n) is 20.4. The molecule has 2 heterocycles. The van der Waals surface area contributed by atoms with Crippen molar-refractivity contribution in [1.29, 1.82) is 0 Å². The number of hydrogen-bond donors (Lipinski definition) is 5. The zero-order valence-corrected chi connectivity index (χ0v) is 38.3. The zero-order valence-electron chi connectivity index (χ0n) is 36.0. The Bertz CT molecular complexity index is 2140. The average Bonchev–Trinajstić information content (AvgIpc) is 3.57. The van der Waals surface area contributed by atoms with E-state index in [9.17, 15) is 29.4 Å².